The molecule has 0 aliphatic carbocycles. The van der Waals surface area contributed by atoms with Crippen molar-refractivity contribution in [1.29, 1.82) is 0 Å². The standard InChI is InChI=1S/C19H22N6O6/c1-22-16-15(17(27)21-19(22)28)24(18(20-16)23-8-2-3-9-23)10-13(26)11-31-14-6-4-12(5-7-14)25(29)30/h4-7,13,26H,2-3,8-11H2,1H3,(H,21,27,28)/t13-/m1/s1. The molecule has 1 saturated heterocycles. The number of benzene rings is 1. The second-order valence-electron chi connectivity index (χ2n) is 7.42. The lowest BCUT2D eigenvalue weighted by atomic mass is 10.3. The number of aryl methyl sites for hydroxylation is 1. The van der Waals surface area contributed by atoms with E-state index in [9.17, 15) is 24.8 Å². The molecule has 0 spiro atoms. The molecule has 2 N–H and O–H groups in total. The van der Waals surface area contributed by atoms with Gasteiger partial charge in [0, 0.05) is 32.3 Å². The van der Waals surface area contributed by atoms with Crippen molar-refractivity contribution in [3.8, 4) is 5.75 Å². The van der Waals surface area contributed by atoms with Gasteiger partial charge in [-0.3, -0.25) is 24.5 Å². The number of aliphatic hydroxyl groups excluding tert-OH is 1. The summed E-state index contributed by atoms with van der Waals surface area (Å²) in [5.41, 5.74) is -0.730. The summed E-state index contributed by atoms with van der Waals surface area (Å²) in [6.45, 7) is 1.46. The van der Waals surface area contributed by atoms with Crippen molar-refractivity contribution in [2.24, 2.45) is 7.05 Å². The number of hydrogen-bond acceptors (Lipinski definition) is 8. The largest absolute Gasteiger partial charge is 0.491 e. The van der Waals surface area contributed by atoms with Gasteiger partial charge in [-0.15, -0.1) is 0 Å². The predicted octanol–water partition coefficient (Wildman–Crippen LogP) is 0.372. The lowest BCUT2D eigenvalue weighted by Gasteiger charge is -2.20. The van der Waals surface area contributed by atoms with Crippen LogP contribution in [0.4, 0.5) is 11.6 Å². The van der Waals surface area contributed by atoms with Gasteiger partial charge in [0.1, 0.15) is 18.5 Å². The number of rotatable bonds is 7. The zero-order valence-electron chi connectivity index (χ0n) is 16.9. The van der Waals surface area contributed by atoms with Crippen molar-refractivity contribution >= 4 is 22.8 Å². The molecule has 3 heterocycles. The third kappa shape index (κ3) is 4.01. The Morgan fingerprint density at radius 2 is 1.94 bits per heavy atom. The first-order valence-corrected chi connectivity index (χ1v) is 9.85. The summed E-state index contributed by atoms with van der Waals surface area (Å²) < 4.78 is 8.42. The fourth-order valence-electron chi connectivity index (χ4n) is 3.67. The predicted molar refractivity (Wildman–Crippen MR) is 112 cm³/mol. The second-order valence-corrected chi connectivity index (χ2v) is 7.42. The Balaban J connectivity index is 1.59. The lowest BCUT2D eigenvalue weighted by Crippen LogP contribution is -2.31. The number of fused-ring (bicyclic) bond motifs is 1. The number of non-ortho nitro benzene ring substituents is 1. The number of nitro groups is 1. The van der Waals surface area contributed by atoms with Crippen molar-refractivity contribution in [1.82, 2.24) is 19.1 Å². The zero-order valence-corrected chi connectivity index (χ0v) is 16.9. The molecule has 12 heteroatoms. The van der Waals surface area contributed by atoms with Crippen LogP contribution in [0.3, 0.4) is 0 Å². The molecule has 1 aliphatic heterocycles. The number of imidazole rings is 1. The van der Waals surface area contributed by atoms with Crippen LogP contribution in [0.1, 0.15) is 12.8 Å². The fraction of sp³-hybridized carbons (Fsp3) is 0.421. The lowest BCUT2D eigenvalue weighted by molar-refractivity contribution is -0.384. The van der Waals surface area contributed by atoms with E-state index in [0.717, 1.165) is 25.9 Å². The van der Waals surface area contributed by atoms with E-state index in [-0.39, 0.29) is 30.0 Å². The minimum Gasteiger partial charge on any atom is -0.491 e. The number of anilines is 1. The van der Waals surface area contributed by atoms with Crippen LogP contribution in [-0.4, -0.2) is 54.9 Å². The smallest absolute Gasteiger partial charge is 0.329 e. The average molecular weight is 430 g/mol. The first-order valence-electron chi connectivity index (χ1n) is 9.85. The topological polar surface area (TPSA) is 149 Å². The Morgan fingerprint density at radius 3 is 2.58 bits per heavy atom. The van der Waals surface area contributed by atoms with Crippen LogP contribution >= 0.6 is 0 Å². The molecule has 0 unspecified atom stereocenters. The molecule has 1 aliphatic rings. The molecule has 0 amide bonds. The van der Waals surface area contributed by atoms with Crippen molar-refractivity contribution in [2.75, 3.05) is 24.6 Å². The van der Waals surface area contributed by atoms with Gasteiger partial charge in [0.25, 0.3) is 11.2 Å². The molecule has 164 valence electrons. The van der Waals surface area contributed by atoms with Gasteiger partial charge in [0.2, 0.25) is 5.95 Å². The van der Waals surface area contributed by atoms with E-state index in [0.29, 0.717) is 11.7 Å². The van der Waals surface area contributed by atoms with Crippen molar-refractivity contribution in [3.05, 3.63) is 55.2 Å². The Kier molecular flexibility index (Phi) is 5.46. The first kappa shape index (κ1) is 20.6. The normalized spacial score (nSPS) is 14.8. The van der Waals surface area contributed by atoms with E-state index in [4.69, 9.17) is 4.74 Å². The molecular weight excluding hydrogens is 408 g/mol. The molecule has 3 aromatic rings. The van der Waals surface area contributed by atoms with Crippen LogP contribution in [0.25, 0.3) is 11.2 Å². The minimum absolute atomic E-state index is 0.0244. The molecule has 2 aromatic heterocycles. The van der Waals surface area contributed by atoms with Gasteiger partial charge < -0.3 is 19.3 Å². The van der Waals surface area contributed by atoms with Crippen LogP contribution in [0.15, 0.2) is 33.9 Å². The zero-order chi connectivity index (χ0) is 22.1. The van der Waals surface area contributed by atoms with Crippen LogP contribution in [0.2, 0.25) is 0 Å². The Morgan fingerprint density at radius 1 is 1.26 bits per heavy atom. The quantitative estimate of drug-likeness (QED) is 0.403. The summed E-state index contributed by atoms with van der Waals surface area (Å²) >= 11 is 0. The molecule has 0 saturated carbocycles. The molecule has 0 bridgehead atoms. The minimum atomic E-state index is -0.995. The van der Waals surface area contributed by atoms with Crippen LogP contribution in [0, 0.1) is 10.1 Å². The maximum Gasteiger partial charge on any atom is 0.329 e. The summed E-state index contributed by atoms with van der Waals surface area (Å²) in [5, 5.41) is 21.3. The molecule has 4 rings (SSSR count). The number of aromatic amines is 1. The van der Waals surface area contributed by atoms with Gasteiger partial charge in [0.15, 0.2) is 11.2 Å². The SMILES string of the molecule is Cn1c(=O)[nH]c(=O)c2c1nc(N1CCCC1)n2C[C@@H](O)COc1ccc([N+](=O)[O-])cc1. The van der Waals surface area contributed by atoms with E-state index in [1.807, 2.05) is 4.90 Å². The third-order valence-electron chi connectivity index (χ3n) is 5.26. The number of hydrogen-bond donors (Lipinski definition) is 2. The second kappa shape index (κ2) is 8.22. The molecule has 12 nitrogen and oxygen atoms in total. The highest BCUT2D eigenvalue weighted by Crippen LogP contribution is 2.24. The van der Waals surface area contributed by atoms with Gasteiger partial charge in [-0.25, -0.2) is 4.79 Å². The number of ether oxygens (including phenoxy) is 1. The van der Waals surface area contributed by atoms with E-state index in [1.165, 1.54) is 35.9 Å². The van der Waals surface area contributed by atoms with Crippen LogP contribution < -0.4 is 20.9 Å². The maximum absolute atomic E-state index is 12.5. The Bertz CT molecular complexity index is 1220. The number of nitrogens with zero attached hydrogens (tertiary/aromatic N) is 5. The van der Waals surface area contributed by atoms with Crippen LogP contribution in [0.5, 0.6) is 5.75 Å². The van der Waals surface area contributed by atoms with Gasteiger partial charge in [0.05, 0.1) is 11.5 Å². The first-order chi connectivity index (χ1) is 14.8. The van der Waals surface area contributed by atoms with Gasteiger partial charge in [-0.1, -0.05) is 0 Å². The number of nitro benzene ring substituents is 1. The van der Waals surface area contributed by atoms with Gasteiger partial charge >= 0.3 is 5.69 Å². The number of aliphatic hydroxyl groups is 1. The summed E-state index contributed by atoms with van der Waals surface area (Å²) in [6.07, 6.45) is 0.986. The summed E-state index contributed by atoms with van der Waals surface area (Å²) in [7, 11) is 1.53. The molecular formula is C19H22N6O6. The average Bonchev–Trinajstić information content (AvgIpc) is 3.39. The Hall–Kier alpha value is -3.67. The highest BCUT2D eigenvalue weighted by Gasteiger charge is 2.25. The molecule has 1 aromatic carbocycles. The van der Waals surface area contributed by atoms with Gasteiger partial charge in [-0.2, -0.15) is 4.98 Å². The van der Waals surface area contributed by atoms with E-state index >= 15 is 0 Å². The Labute approximate surface area is 175 Å². The van der Waals surface area contributed by atoms with Gasteiger partial charge in [-0.05, 0) is 25.0 Å². The van der Waals surface area contributed by atoms with Crippen molar-refractivity contribution in [3.63, 3.8) is 0 Å². The van der Waals surface area contributed by atoms with Crippen LogP contribution in [-0.2, 0) is 13.6 Å². The monoisotopic (exact) mass is 430 g/mol. The fourth-order valence-corrected chi connectivity index (χ4v) is 3.67. The van der Waals surface area contributed by atoms with E-state index < -0.39 is 22.3 Å². The highest BCUT2D eigenvalue weighted by molar-refractivity contribution is 5.74. The van der Waals surface area contributed by atoms with Crippen molar-refractivity contribution < 1.29 is 14.8 Å². The number of aromatic nitrogens is 4. The summed E-state index contributed by atoms with van der Waals surface area (Å²) in [5.74, 6) is 0.897. The summed E-state index contributed by atoms with van der Waals surface area (Å²) in [6, 6.07) is 5.54. The molecule has 0 radical (unpaired) electrons. The number of H-pyrrole nitrogens is 1. The molecule has 1 atom stereocenters. The highest BCUT2D eigenvalue weighted by atomic mass is 16.6. The summed E-state index contributed by atoms with van der Waals surface area (Å²) in [4.78, 5) is 43.6. The van der Waals surface area contributed by atoms with Crippen molar-refractivity contribution in [2.45, 2.75) is 25.5 Å². The molecule has 31 heavy (non-hydrogen) atoms. The van der Waals surface area contributed by atoms with E-state index in [1.54, 1.807) is 4.57 Å². The van der Waals surface area contributed by atoms with E-state index in [2.05, 4.69) is 9.97 Å². The molecule has 1 fully saturated rings. The third-order valence-corrected chi connectivity index (χ3v) is 5.26. The number of nitrogens with one attached hydrogen (secondary N) is 1. The maximum atomic E-state index is 12.5.